The van der Waals surface area contributed by atoms with Crippen LogP contribution < -0.4 is 5.32 Å². The van der Waals surface area contributed by atoms with Crippen molar-refractivity contribution in [3.63, 3.8) is 0 Å². The standard InChI is InChI=1S/C13H18F2N2O3S/c1-16-7-8-17(2)12(18)11-5-3-10(4-6-11)9-21(19,20)13(14)15/h3-6,13,16H,7-9H2,1-2H3. The first kappa shape index (κ1) is 17.5. The Bertz CT molecular complexity index is 574. The first-order chi connectivity index (χ1) is 9.77. The van der Waals surface area contributed by atoms with Gasteiger partial charge in [-0.05, 0) is 24.7 Å². The molecule has 1 amide bonds. The van der Waals surface area contributed by atoms with Crippen LogP contribution in [0.1, 0.15) is 15.9 Å². The summed E-state index contributed by atoms with van der Waals surface area (Å²) in [4.78, 5) is 13.5. The maximum absolute atomic E-state index is 12.3. The number of sulfone groups is 1. The predicted molar refractivity (Wildman–Crippen MR) is 76.0 cm³/mol. The maximum Gasteiger partial charge on any atom is 0.337 e. The van der Waals surface area contributed by atoms with E-state index in [1.807, 2.05) is 0 Å². The number of carbonyl (C=O) groups excluding carboxylic acids is 1. The molecule has 0 aliphatic rings. The normalized spacial score (nSPS) is 11.7. The zero-order valence-electron chi connectivity index (χ0n) is 11.8. The molecule has 0 aliphatic heterocycles. The molecule has 0 aliphatic carbocycles. The molecule has 0 fully saturated rings. The first-order valence-electron chi connectivity index (χ1n) is 6.26. The zero-order chi connectivity index (χ0) is 16.0. The lowest BCUT2D eigenvalue weighted by Crippen LogP contribution is -2.32. The van der Waals surface area contributed by atoms with E-state index in [2.05, 4.69) is 5.32 Å². The van der Waals surface area contributed by atoms with Crippen molar-refractivity contribution in [1.82, 2.24) is 10.2 Å². The topological polar surface area (TPSA) is 66.5 Å². The molecule has 118 valence electrons. The van der Waals surface area contributed by atoms with Crippen molar-refractivity contribution < 1.29 is 22.0 Å². The molecular weight excluding hydrogens is 302 g/mol. The highest BCUT2D eigenvalue weighted by molar-refractivity contribution is 7.90. The molecule has 1 aromatic carbocycles. The average Bonchev–Trinajstić information content (AvgIpc) is 2.44. The molecule has 0 spiro atoms. The summed E-state index contributed by atoms with van der Waals surface area (Å²) >= 11 is 0. The van der Waals surface area contributed by atoms with Gasteiger partial charge < -0.3 is 10.2 Å². The number of halogens is 2. The van der Waals surface area contributed by atoms with Crippen molar-refractivity contribution in [2.24, 2.45) is 0 Å². The van der Waals surface area contributed by atoms with E-state index >= 15 is 0 Å². The van der Waals surface area contributed by atoms with Crippen LogP contribution >= 0.6 is 0 Å². The van der Waals surface area contributed by atoms with E-state index in [0.717, 1.165) is 0 Å². The van der Waals surface area contributed by atoms with Gasteiger partial charge in [-0.25, -0.2) is 8.42 Å². The van der Waals surface area contributed by atoms with Crippen LogP contribution in [-0.4, -0.2) is 52.2 Å². The van der Waals surface area contributed by atoms with E-state index < -0.39 is 21.3 Å². The molecule has 0 bridgehead atoms. The lowest BCUT2D eigenvalue weighted by atomic mass is 10.1. The highest BCUT2D eigenvalue weighted by Gasteiger charge is 2.24. The second kappa shape index (κ2) is 7.46. The van der Waals surface area contributed by atoms with Gasteiger partial charge in [-0.3, -0.25) is 4.79 Å². The van der Waals surface area contributed by atoms with Crippen molar-refractivity contribution in [2.75, 3.05) is 27.2 Å². The van der Waals surface area contributed by atoms with Crippen LogP contribution in [0.15, 0.2) is 24.3 Å². The second-order valence-corrected chi connectivity index (χ2v) is 6.57. The van der Waals surface area contributed by atoms with E-state index in [9.17, 15) is 22.0 Å². The number of carbonyl (C=O) groups is 1. The van der Waals surface area contributed by atoms with Crippen LogP contribution in [0.4, 0.5) is 8.78 Å². The molecule has 0 heterocycles. The fraction of sp³-hybridized carbons (Fsp3) is 0.462. The van der Waals surface area contributed by atoms with Gasteiger partial charge in [0.15, 0.2) is 0 Å². The quantitative estimate of drug-likeness (QED) is 0.817. The number of hydrogen-bond donors (Lipinski definition) is 1. The average molecular weight is 320 g/mol. The lowest BCUT2D eigenvalue weighted by molar-refractivity contribution is 0.0797. The fourth-order valence-corrected chi connectivity index (χ4v) is 2.42. The minimum absolute atomic E-state index is 0.214. The number of benzene rings is 1. The van der Waals surface area contributed by atoms with Crippen LogP contribution in [0.3, 0.4) is 0 Å². The number of nitrogens with one attached hydrogen (secondary N) is 1. The van der Waals surface area contributed by atoms with Crippen LogP contribution in [0.5, 0.6) is 0 Å². The van der Waals surface area contributed by atoms with Crippen LogP contribution in [0, 0.1) is 0 Å². The highest BCUT2D eigenvalue weighted by atomic mass is 32.2. The summed E-state index contributed by atoms with van der Waals surface area (Å²) in [5.41, 5.74) is 0.608. The monoisotopic (exact) mass is 320 g/mol. The molecule has 8 heteroatoms. The van der Waals surface area contributed by atoms with Crippen LogP contribution in [-0.2, 0) is 15.6 Å². The molecule has 0 radical (unpaired) electrons. The summed E-state index contributed by atoms with van der Waals surface area (Å²) in [7, 11) is -1.03. The van der Waals surface area contributed by atoms with Crippen molar-refractivity contribution in [3.05, 3.63) is 35.4 Å². The van der Waals surface area contributed by atoms with Gasteiger partial charge >= 0.3 is 5.76 Å². The molecule has 21 heavy (non-hydrogen) atoms. The van der Waals surface area contributed by atoms with Gasteiger partial charge in [0.2, 0.25) is 9.84 Å². The van der Waals surface area contributed by atoms with E-state index in [1.54, 1.807) is 14.1 Å². The molecule has 0 aromatic heterocycles. The molecule has 1 N–H and O–H groups in total. The molecule has 0 saturated carbocycles. The van der Waals surface area contributed by atoms with Gasteiger partial charge in [-0.2, -0.15) is 8.78 Å². The Morgan fingerprint density at radius 1 is 1.29 bits per heavy atom. The summed E-state index contributed by atoms with van der Waals surface area (Å²) in [5, 5.41) is 2.92. The van der Waals surface area contributed by atoms with Gasteiger partial charge in [-0.15, -0.1) is 0 Å². The van der Waals surface area contributed by atoms with Crippen molar-refractivity contribution in [2.45, 2.75) is 11.5 Å². The summed E-state index contributed by atoms with van der Waals surface area (Å²) in [5.74, 6) is -4.35. The Kier molecular flexibility index (Phi) is 6.22. The van der Waals surface area contributed by atoms with E-state index in [4.69, 9.17) is 0 Å². The number of likely N-dealkylation sites (N-methyl/N-ethyl adjacent to an activating group) is 2. The Morgan fingerprint density at radius 3 is 2.33 bits per heavy atom. The predicted octanol–water partition coefficient (Wildman–Crippen LogP) is 1.12. The number of rotatable bonds is 7. The lowest BCUT2D eigenvalue weighted by Gasteiger charge is -2.17. The molecule has 1 rings (SSSR count). The molecule has 1 aromatic rings. The number of nitrogens with zero attached hydrogens (tertiary/aromatic N) is 1. The molecule has 5 nitrogen and oxygen atoms in total. The third-order valence-electron chi connectivity index (χ3n) is 2.88. The maximum atomic E-state index is 12.3. The number of amides is 1. The SMILES string of the molecule is CNCCN(C)C(=O)c1ccc(CS(=O)(=O)C(F)F)cc1. The van der Waals surface area contributed by atoms with Gasteiger partial charge in [0, 0.05) is 25.7 Å². The molecule has 0 saturated heterocycles. The number of alkyl halides is 2. The zero-order valence-corrected chi connectivity index (χ0v) is 12.7. The molecule has 0 atom stereocenters. The summed E-state index contributed by atoms with van der Waals surface area (Å²) in [6.07, 6.45) is 0. The largest absolute Gasteiger partial charge is 0.340 e. The van der Waals surface area contributed by atoms with Crippen LogP contribution in [0.2, 0.25) is 0 Å². The Hall–Kier alpha value is -1.54. The van der Waals surface area contributed by atoms with Gasteiger partial charge in [0.05, 0.1) is 5.75 Å². The third-order valence-corrected chi connectivity index (χ3v) is 4.16. The first-order valence-corrected chi connectivity index (χ1v) is 7.98. The van der Waals surface area contributed by atoms with Gasteiger partial charge in [0.1, 0.15) is 0 Å². The molecule has 0 unspecified atom stereocenters. The highest BCUT2D eigenvalue weighted by Crippen LogP contribution is 2.14. The Morgan fingerprint density at radius 2 is 1.86 bits per heavy atom. The minimum Gasteiger partial charge on any atom is -0.340 e. The summed E-state index contributed by atoms with van der Waals surface area (Å²) in [6.45, 7) is 1.17. The van der Waals surface area contributed by atoms with Crippen molar-refractivity contribution >= 4 is 15.7 Å². The van der Waals surface area contributed by atoms with E-state index in [0.29, 0.717) is 18.7 Å². The molecular formula is C13H18F2N2O3S. The smallest absolute Gasteiger partial charge is 0.337 e. The number of hydrogen-bond acceptors (Lipinski definition) is 4. The Labute approximate surface area is 122 Å². The van der Waals surface area contributed by atoms with Crippen molar-refractivity contribution in [3.8, 4) is 0 Å². The second-order valence-electron chi connectivity index (χ2n) is 4.60. The fourth-order valence-electron chi connectivity index (χ4n) is 1.64. The van der Waals surface area contributed by atoms with E-state index in [-0.39, 0.29) is 11.5 Å². The summed E-state index contributed by atoms with van der Waals surface area (Å²) in [6, 6.07) is 5.63. The van der Waals surface area contributed by atoms with Crippen molar-refractivity contribution in [1.29, 1.82) is 0 Å². The van der Waals surface area contributed by atoms with Gasteiger partial charge in [-0.1, -0.05) is 12.1 Å². The van der Waals surface area contributed by atoms with Crippen LogP contribution in [0.25, 0.3) is 0 Å². The summed E-state index contributed by atoms with van der Waals surface area (Å²) < 4.78 is 46.8. The van der Waals surface area contributed by atoms with Gasteiger partial charge in [0.25, 0.3) is 5.91 Å². The Balaban J connectivity index is 2.76. The third kappa shape index (κ3) is 5.05. The van der Waals surface area contributed by atoms with E-state index in [1.165, 1.54) is 29.2 Å². The minimum atomic E-state index is -4.45.